The number of carbonyl (C=O) groups excluding carboxylic acids is 1. The fourth-order valence-electron chi connectivity index (χ4n) is 1.18. The van der Waals surface area contributed by atoms with Gasteiger partial charge in [0.05, 0.1) is 0 Å². The van der Waals surface area contributed by atoms with Gasteiger partial charge in [-0.05, 0) is 33.3 Å². The first-order chi connectivity index (χ1) is 7.43. The van der Waals surface area contributed by atoms with E-state index in [2.05, 4.69) is 21.2 Å². The number of thiophene rings is 1. The average molecular weight is 306 g/mol. The van der Waals surface area contributed by atoms with Crippen molar-refractivity contribution in [3.05, 3.63) is 20.8 Å². The van der Waals surface area contributed by atoms with Crippen molar-refractivity contribution in [1.29, 1.82) is 0 Å². The van der Waals surface area contributed by atoms with Crippen molar-refractivity contribution < 1.29 is 14.7 Å². The molecule has 16 heavy (non-hydrogen) atoms. The molecular formula is C10H12BrNO3S. The number of hydrogen-bond donors (Lipinski definition) is 2. The number of halogens is 1. The molecule has 4 nitrogen and oxygen atoms in total. The van der Waals surface area contributed by atoms with E-state index in [-0.39, 0.29) is 11.8 Å². The van der Waals surface area contributed by atoms with Gasteiger partial charge in [-0.2, -0.15) is 0 Å². The van der Waals surface area contributed by atoms with Gasteiger partial charge < -0.3 is 10.4 Å². The van der Waals surface area contributed by atoms with Crippen LogP contribution in [0.4, 0.5) is 0 Å². The Morgan fingerprint density at radius 1 is 1.50 bits per heavy atom. The van der Waals surface area contributed by atoms with Crippen LogP contribution in [0.1, 0.15) is 23.5 Å². The first-order valence-electron chi connectivity index (χ1n) is 4.70. The molecule has 0 spiro atoms. The van der Waals surface area contributed by atoms with Crippen molar-refractivity contribution in [2.24, 2.45) is 5.92 Å². The molecule has 1 heterocycles. The highest BCUT2D eigenvalue weighted by atomic mass is 79.9. The molecule has 88 valence electrons. The summed E-state index contributed by atoms with van der Waals surface area (Å²) < 4.78 is 0.683. The van der Waals surface area contributed by atoms with E-state index in [9.17, 15) is 9.59 Å². The van der Waals surface area contributed by atoms with Crippen molar-refractivity contribution in [2.45, 2.75) is 19.9 Å². The Morgan fingerprint density at radius 3 is 2.50 bits per heavy atom. The number of carboxylic acids is 1. The minimum absolute atomic E-state index is 0.153. The summed E-state index contributed by atoms with van der Waals surface area (Å²) in [5.41, 5.74) is 0. The average Bonchev–Trinajstić information content (AvgIpc) is 2.59. The monoisotopic (exact) mass is 305 g/mol. The van der Waals surface area contributed by atoms with Crippen LogP contribution in [0.3, 0.4) is 0 Å². The van der Waals surface area contributed by atoms with E-state index in [1.54, 1.807) is 25.3 Å². The third-order valence-corrected chi connectivity index (χ3v) is 3.88. The molecule has 0 aliphatic rings. The molecule has 0 bridgehead atoms. The van der Waals surface area contributed by atoms with Crippen LogP contribution in [0.25, 0.3) is 0 Å². The summed E-state index contributed by atoms with van der Waals surface area (Å²) in [5.74, 6) is -1.53. The Bertz CT molecular complexity index is 403. The van der Waals surface area contributed by atoms with Gasteiger partial charge in [-0.1, -0.05) is 13.8 Å². The van der Waals surface area contributed by atoms with Gasteiger partial charge in [-0.3, -0.25) is 4.79 Å². The van der Waals surface area contributed by atoms with Crippen LogP contribution in [0.2, 0.25) is 0 Å². The highest BCUT2D eigenvalue weighted by molar-refractivity contribution is 9.10. The lowest BCUT2D eigenvalue weighted by Gasteiger charge is -2.17. The number of nitrogens with one attached hydrogen (secondary N) is 1. The fraction of sp³-hybridized carbons (Fsp3) is 0.400. The Balaban J connectivity index is 2.77. The second-order valence-electron chi connectivity index (χ2n) is 3.63. The lowest BCUT2D eigenvalue weighted by Crippen LogP contribution is -2.44. The summed E-state index contributed by atoms with van der Waals surface area (Å²) in [6, 6.07) is 0.895. The molecule has 0 aliphatic carbocycles. The van der Waals surface area contributed by atoms with Gasteiger partial charge >= 0.3 is 5.97 Å². The predicted molar refractivity (Wildman–Crippen MR) is 65.7 cm³/mol. The van der Waals surface area contributed by atoms with Crippen molar-refractivity contribution in [3.8, 4) is 0 Å². The Morgan fingerprint density at radius 2 is 2.12 bits per heavy atom. The van der Waals surface area contributed by atoms with Crippen molar-refractivity contribution in [1.82, 2.24) is 5.32 Å². The summed E-state index contributed by atoms with van der Waals surface area (Å²) in [7, 11) is 0. The van der Waals surface area contributed by atoms with Crippen LogP contribution in [0, 0.1) is 5.92 Å². The third kappa shape index (κ3) is 3.05. The van der Waals surface area contributed by atoms with Crippen LogP contribution in [0.15, 0.2) is 15.9 Å². The van der Waals surface area contributed by atoms with Gasteiger partial charge in [0.15, 0.2) is 0 Å². The van der Waals surface area contributed by atoms with Crippen molar-refractivity contribution in [3.63, 3.8) is 0 Å². The zero-order valence-corrected chi connectivity index (χ0v) is 11.3. The first kappa shape index (κ1) is 13.2. The van der Waals surface area contributed by atoms with Crippen molar-refractivity contribution in [2.75, 3.05) is 0 Å². The maximum atomic E-state index is 11.8. The smallest absolute Gasteiger partial charge is 0.326 e. The normalized spacial score (nSPS) is 12.5. The van der Waals surface area contributed by atoms with Gasteiger partial charge in [-0.25, -0.2) is 4.79 Å². The predicted octanol–water partition coefficient (Wildman–Crippen LogP) is 2.35. The molecule has 0 radical (unpaired) electrons. The molecule has 1 rings (SSSR count). The van der Waals surface area contributed by atoms with E-state index >= 15 is 0 Å². The molecule has 0 unspecified atom stereocenters. The van der Waals surface area contributed by atoms with Crippen molar-refractivity contribution >= 4 is 39.1 Å². The summed E-state index contributed by atoms with van der Waals surface area (Å²) >= 11 is 4.50. The van der Waals surface area contributed by atoms with E-state index in [1.807, 2.05) is 0 Å². The molecule has 0 aliphatic heterocycles. The second kappa shape index (κ2) is 5.45. The highest BCUT2D eigenvalue weighted by Crippen LogP contribution is 2.22. The number of hydrogen-bond acceptors (Lipinski definition) is 3. The lowest BCUT2D eigenvalue weighted by atomic mass is 10.0. The summed E-state index contributed by atoms with van der Waals surface area (Å²) in [6.07, 6.45) is 0. The topological polar surface area (TPSA) is 66.4 Å². The number of aliphatic carboxylic acids is 1. The zero-order chi connectivity index (χ0) is 12.3. The highest BCUT2D eigenvalue weighted by Gasteiger charge is 2.25. The Kier molecular flexibility index (Phi) is 4.49. The molecule has 1 amide bonds. The SMILES string of the molecule is CC(C)[C@H](NC(=O)c1sccc1Br)C(=O)O. The Labute approximate surface area is 106 Å². The standard InChI is InChI=1S/C10H12BrNO3S/c1-5(2)7(10(14)15)12-9(13)8-6(11)3-4-16-8/h3-5,7H,1-2H3,(H,12,13)(H,14,15)/t7-/m0/s1. The maximum Gasteiger partial charge on any atom is 0.326 e. The third-order valence-electron chi connectivity index (χ3n) is 2.04. The van der Waals surface area contributed by atoms with Crippen LogP contribution in [-0.4, -0.2) is 23.0 Å². The number of carbonyl (C=O) groups is 2. The van der Waals surface area contributed by atoms with Gasteiger partial charge in [0, 0.05) is 4.47 Å². The van der Waals surface area contributed by atoms with Crippen LogP contribution in [-0.2, 0) is 4.79 Å². The number of carboxylic acid groups (broad SMARTS) is 1. The largest absolute Gasteiger partial charge is 0.480 e. The molecule has 6 heteroatoms. The van der Waals surface area contributed by atoms with Gasteiger partial charge in [0.25, 0.3) is 5.91 Å². The second-order valence-corrected chi connectivity index (χ2v) is 5.40. The van der Waals surface area contributed by atoms with E-state index < -0.39 is 12.0 Å². The van der Waals surface area contributed by atoms with Gasteiger partial charge in [0.1, 0.15) is 10.9 Å². The Hall–Kier alpha value is -0.880. The van der Waals surface area contributed by atoms with Gasteiger partial charge in [0.2, 0.25) is 0 Å². The van der Waals surface area contributed by atoms with E-state index in [0.717, 1.165) is 0 Å². The molecule has 0 saturated heterocycles. The minimum Gasteiger partial charge on any atom is -0.480 e. The number of rotatable bonds is 4. The first-order valence-corrected chi connectivity index (χ1v) is 6.37. The fourth-order valence-corrected chi connectivity index (χ4v) is 2.63. The summed E-state index contributed by atoms with van der Waals surface area (Å²) in [4.78, 5) is 23.2. The quantitative estimate of drug-likeness (QED) is 0.897. The minimum atomic E-state index is -1.02. The summed E-state index contributed by atoms with van der Waals surface area (Å²) in [6.45, 7) is 3.51. The molecule has 2 N–H and O–H groups in total. The summed E-state index contributed by atoms with van der Waals surface area (Å²) in [5, 5.41) is 13.2. The molecule has 0 aromatic carbocycles. The van der Waals surface area contributed by atoms with Crippen LogP contribution < -0.4 is 5.32 Å². The molecule has 1 atom stereocenters. The van der Waals surface area contributed by atoms with Gasteiger partial charge in [-0.15, -0.1) is 11.3 Å². The van der Waals surface area contributed by atoms with Crippen LogP contribution >= 0.6 is 27.3 Å². The maximum absolute atomic E-state index is 11.8. The molecule has 1 aromatic rings. The number of amides is 1. The van der Waals surface area contributed by atoms with E-state index in [4.69, 9.17) is 5.11 Å². The van der Waals surface area contributed by atoms with Crippen LogP contribution in [0.5, 0.6) is 0 Å². The molecule has 1 aromatic heterocycles. The molecule has 0 saturated carbocycles. The van der Waals surface area contributed by atoms with E-state index in [0.29, 0.717) is 9.35 Å². The molecular weight excluding hydrogens is 294 g/mol. The lowest BCUT2D eigenvalue weighted by molar-refractivity contribution is -0.140. The molecule has 0 fully saturated rings. The van der Waals surface area contributed by atoms with E-state index in [1.165, 1.54) is 11.3 Å². The zero-order valence-electron chi connectivity index (χ0n) is 8.86.